The number of carboxylic acid groups (broad SMARTS) is 1. The zero-order valence-corrected chi connectivity index (χ0v) is 45.7. The van der Waals surface area contributed by atoms with Gasteiger partial charge in [-0.1, -0.05) is 44.0 Å². The highest BCUT2D eigenvalue weighted by atomic mass is 35.5. The standard InChI is InChI=1S/C45H52Cl2F3N9O12S4/c1-23-27(14-18-70-23)40(60)58-33(51-20-25-7-9-31(46)72-25)19-30(53-58)34-29(45(48,49)50)13-17-56(74(6,65)66)37(34)42(63)71-24-11-15-55(22-24)75(67,68)57-16-12-28(36(57)41(61)62)35-38(69-5)39(52-21-26-8-10-32(47)73-26)59(54-35)43(64)44(2,3)4/h7-10,14,18-19,24,28-29,34,36-37,51-52H,11-13,15-17,20-22H2,1-6H3,(H,61,62). The van der Waals surface area contributed by atoms with Crippen LogP contribution >= 0.6 is 45.9 Å². The van der Waals surface area contributed by atoms with Gasteiger partial charge in [0.15, 0.2) is 11.6 Å². The molecular formula is C45H52Cl2F3N9O12S4. The summed E-state index contributed by atoms with van der Waals surface area (Å²) in [6.07, 6.45) is -5.56. The smallest absolute Gasteiger partial charge is 0.392 e. The average molecular weight is 1170 g/mol. The van der Waals surface area contributed by atoms with Crippen molar-refractivity contribution in [3.63, 3.8) is 0 Å². The number of rotatable bonds is 16. The highest BCUT2D eigenvalue weighted by molar-refractivity contribution is 7.88. The van der Waals surface area contributed by atoms with Crippen molar-refractivity contribution in [1.82, 2.24) is 32.5 Å². The van der Waals surface area contributed by atoms with Crippen molar-refractivity contribution in [3.05, 3.63) is 83.8 Å². The molecule has 3 saturated heterocycles. The molecule has 21 nitrogen and oxygen atoms in total. The molecule has 6 unspecified atom stereocenters. The van der Waals surface area contributed by atoms with E-state index in [-0.39, 0.29) is 73.4 Å². The minimum Gasteiger partial charge on any atom is -0.491 e. The number of carboxylic acids is 1. The number of halogens is 5. The maximum atomic E-state index is 15.2. The fourth-order valence-electron chi connectivity index (χ4n) is 9.64. The van der Waals surface area contributed by atoms with E-state index in [9.17, 15) is 41.1 Å². The van der Waals surface area contributed by atoms with Gasteiger partial charge in [0.05, 0.1) is 65.1 Å². The first-order chi connectivity index (χ1) is 35.1. The number of piperidine rings is 1. The number of aryl methyl sites for hydroxylation is 1. The first-order valence-corrected chi connectivity index (χ1v) is 28.8. The molecule has 0 amide bonds. The summed E-state index contributed by atoms with van der Waals surface area (Å²) >= 11 is 14.7. The molecule has 30 heteroatoms. The van der Waals surface area contributed by atoms with Crippen LogP contribution in [0.4, 0.5) is 24.8 Å². The van der Waals surface area contributed by atoms with Crippen LogP contribution in [0.2, 0.25) is 8.67 Å². The molecule has 408 valence electrons. The van der Waals surface area contributed by atoms with Gasteiger partial charge < -0.3 is 29.6 Å². The number of esters is 1. The number of thiophene rings is 2. The Bertz CT molecular complexity index is 3220. The number of carbonyl (C=O) groups is 4. The number of aromatic nitrogens is 4. The fourth-order valence-corrected chi connectivity index (χ4v) is 14.6. The van der Waals surface area contributed by atoms with E-state index in [1.54, 1.807) is 45.0 Å². The molecule has 8 rings (SSSR count). The lowest BCUT2D eigenvalue weighted by Crippen LogP contribution is -2.57. The molecule has 0 spiro atoms. The predicted octanol–water partition coefficient (Wildman–Crippen LogP) is 7.12. The third kappa shape index (κ3) is 11.5. The molecular weight excluding hydrogens is 1110 g/mol. The van der Waals surface area contributed by atoms with Crippen LogP contribution in [0.1, 0.15) is 93.9 Å². The lowest BCUT2D eigenvalue weighted by Gasteiger charge is -2.42. The van der Waals surface area contributed by atoms with Crippen LogP contribution in [0.25, 0.3) is 0 Å². The Morgan fingerprint density at radius 3 is 2.07 bits per heavy atom. The molecule has 0 bridgehead atoms. The van der Waals surface area contributed by atoms with Gasteiger partial charge in [-0.2, -0.15) is 54.1 Å². The summed E-state index contributed by atoms with van der Waals surface area (Å²) in [6, 6.07) is 5.24. The molecule has 0 aliphatic carbocycles. The second-order valence-corrected chi connectivity index (χ2v) is 26.6. The van der Waals surface area contributed by atoms with E-state index in [0.717, 1.165) is 28.9 Å². The largest absolute Gasteiger partial charge is 0.491 e. The number of furan rings is 1. The Balaban J connectivity index is 1.08. The number of alkyl halides is 3. The lowest BCUT2D eigenvalue weighted by atomic mass is 9.78. The summed E-state index contributed by atoms with van der Waals surface area (Å²) in [4.78, 5) is 57.0. The summed E-state index contributed by atoms with van der Waals surface area (Å²) in [5, 5.41) is 25.7. The molecule has 3 aliphatic rings. The summed E-state index contributed by atoms with van der Waals surface area (Å²) in [6.45, 7) is 4.64. The quantitative estimate of drug-likeness (QED) is 0.0831. The fraction of sp³-hybridized carbons (Fsp3) is 0.511. The number of ether oxygens (including phenoxy) is 2. The number of methoxy groups -OCH3 is 1. The molecule has 8 heterocycles. The number of nitrogens with zero attached hydrogens (tertiary/aromatic N) is 7. The average Bonchev–Trinajstić information content (AvgIpc) is 4.20. The van der Waals surface area contributed by atoms with Gasteiger partial charge in [-0.05, 0) is 56.5 Å². The zero-order chi connectivity index (χ0) is 54.7. The minimum absolute atomic E-state index is 0.00381. The maximum absolute atomic E-state index is 15.2. The molecule has 3 fully saturated rings. The van der Waals surface area contributed by atoms with E-state index in [0.29, 0.717) is 24.1 Å². The van der Waals surface area contributed by atoms with Gasteiger partial charge in [0, 0.05) is 52.7 Å². The molecule has 75 heavy (non-hydrogen) atoms. The molecule has 5 aromatic rings. The number of anilines is 2. The van der Waals surface area contributed by atoms with E-state index in [2.05, 4.69) is 20.8 Å². The van der Waals surface area contributed by atoms with Gasteiger partial charge in [-0.25, -0.2) is 8.42 Å². The van der Waals surface area contributed by atoms with Crippen LogP contribution in [0.5, 0.6) is 5.75 Å². The summed E-state index contributed by atoms with van der Waals surface area (Å²) in [5.41, 5.74) is -1.46. The molecule has 6 atom stereocenters. The highest BCUT2D eigenvalue weighted by Crippen LogP contribution is 2.48. The van der Waals surface area contributed by atoms with Gasteiger partial charge in [-0.3, -0.25) is 19.2 Å². The van der Waals surface area contributed by atoms with Crippen molar-refractivity contribution in [2.45, 2.75) is 96.2 Å². The molecule has 3 N–H and O–H groups in total. The number of sulfonamides is 1. The number of carbonyl (C=O) groups excluding carboxylic acids is 3. The van der Waals surface area contributed by atoms with Gasteiger partial charge in [-0.15, -0.1) is 22.7 Å². The van der Waals surface area contributed by atoms with Gasteiger partial charge in [0.25, 0.3) is 22.0 Å². The molecule has 5 aromatic heterocycles. The number of aliphatic carboxylic acids is 1. The monoisotopic (exact) mass is 1170 g/mol. The van der Waals surface area contributed by atoms with Crippen LogP contribution in [0.15, 0.2) is 47.1 Å². The Kier molecular flexibility index (Phi) is 16.0. The Labute approximate surface area is 447 Å². The van der Waals surface area contributed by atoms with Crippen molar-refractivity contribution >= 4 is 101 Å². The number of hydrogen-bond donors (Lipinski definition) is 3. The molecule has 0 saturated carbocycles. The Morgan fingerprint density at radius 1 is 0.880 bits per heavy atom. The first kappa shape index (κ1) is 56.1. The van der Waals surface area contributed by atoms with Crippen LogP contribution < -0.4 is 15.4 Å². The maximum Gasteiger partial charge on any atom is 0.392 e. The van der Waals surface area contributed by atoms with E-state index in [1.807, 2.05) is 0 Å². The Morgan fingerprint density at radius 2 is 1.52 bits per heavy atom. The predicted molar refractivity (Wildman–Crippen MR) is 270 cm³/mol. The topological polar surface area (TPSA) is 258 Å². The van der Waals surface area contributed by atoms with E-state index >= 15 is 13.2 Å². The SMILES string of the molecule is COc1c(C2CCN(S(=O)(=O)N3CCC(OC(=O)C4C(c5cc(NCc6ccc(Cl)s6)n(C(=O)c6ccoc6C)n5)C(C(F)(F)F)CCN4S(C)(=O)=O)C3)C2C(=O)O)nn(C(=O)C(C)(C)C)c1NCc1ccc(Cl)s1. The third-order valence-corrected chi connectivity index (χ3v) is 18.9. The van der Waals surface area contributed by atoms with E-state index in [1.165, 1.54) is 49.0 Å². The van der Waals surface area contributed by atoms with Crippen LogP contribution in [0.3, 0.4) is 0 Å². The minimum atomic E-state index is -5.04. The summed E-state index contributed by atoms with van der Waals surface area (Å²) < 4.78 is 124. The van der Waals surface area contributed by atoms with E-state index < -0.39 is 117 Å². The van der Waals surface area contributed by atoms with Gasteiger partial charge in [0.2, 0.25) is 10.0 Å². The Hall–Kier alpha value is -5.07. The van der Waals surface area contributed by atoms with Crippen LogP contribution in [-0.2, 0) is 47.6 Å². The zero-order valence-electron chi connectivity index (χ0n) is 41.0. The molecule has 3 aliphatic heterocycles. The normalized spacial score (nSPS) is 22.4. The second kappa shape index (κ2) is 21.4. The highest BCUT2D eigenvalue weighted by Gasteiger charge is 2.58. The van der Waals surface area contributed by atoms with Crippen LogP contribution in [0, 0.1) is 18.3 Å². The van der Waals surface area contributed by atoms with Crippen molar-refractivity contribution in [2.75, 3.05) is 50.2 Å². The van der Waals surface area contributed by atoms with Crippen molar-refractivity contribution in [2.24, 2.45) is 11.3 Å². The molecule has 0 radical (unpaired) electrons. The molecule has 0 aromatic carbocycles. The van der Waals surface area contributed by atoms with Gasteiger partial charge in [0.1, 0.15) is 35.5 Å². The van der Waals surface area contributed by atoms with E-state index in [4.69, 9.17) is 37.1 Å². The van der Waals surface area contributed by atoms with Crippen molar-refractivity contribution < 1.29 is 68.2 Å². The first-order valence-electron chi connectivity index (χ1n) is 23.2. The second-order valence-electron chi connectivity index (χ2n) is 19.2. The number of nitrogens with one attached hydrogen (secondary N) is 2. The van der Waals surface area contributed by atoms with Crippen LogP contribution in [-0.4, -0.2) is 142 Å². The lowest BCUT2D eigenvalue weighted by molar-refractivity contribution is -0.197. The summed E-state index contributed by atoms with van der Waals surface area (Å²) in [5.74, 6) is -9.77. The van der Waals surface area contributed by atoms with Crippen molar-refractivity contribution in [1.29, 1.82) is 0 Å². The third-order valence-electron chi connectivity index (χ3n) is 13.2. The summed E-state index contributed by atoms with van der Waals surface area (Å²) in [7, 11) is -7.92. The van der Waals surface area contributed by atoms with Crippen molar-refractivity contribution in [3.8, 4) is 5.75 Å². The van der Waals surface area contributed by atoms with Gasteiger partial charge >= 0.3 is 18.1 Å². The number of hydrogen-bond acceptors (Lipinski definition) is 17.